The second kappa shape index (κ2) is 12.6. The Morgan fingerprint density at radius 3 is 1.83 bits per heavy atom. The largest absolute Gasteiger partial charge is 0.481 e. The van der Waals surface area contributed by atoms with E-state index in [-0.39, 0.29) is 12.2 Å². The van der Waals surface area contributed by atoms with Gasteiger partial charge in [-0.2, -0.15) is 12.6 Å². The van der Waals surface area contributed by atoms with Gasteiger partial charge in [-0.3, -0.25) is 28.8 Å². The van der Waals surface area contributed by atoms with Crippen LogP contribution in [0.2, 0.25) is 0 Å². The summed E-state index contributed by atoms with van der Waals surface area (Å²) in [5.41, 5.74) is 5.49. The van der Waals surface area contributed by atoms with Crippen molar-refractivity contribution in [3.8, 4) is 0 Å². The highest BCUT2D eigenvalue weighted by atomic mass is 32.1. The van der Waals surface area contributed by atoms with Gasteiger partial charge >= 0.3 is 17.9 Å². The maximum Gasteiger partial charge on any atom is 0.325 e. The van der Waals surface area contributed by atoms with Crippen LogP contribution < -0.4 is 21.7 Å². The maximum atomic E-state index is 12.5. The number of aliphatic carboxylic acids is 3. The van der Waals surface area contributed by atoms with Crippen molar-refractivity contribution in [2.24, 2.45) is 5.73 Å². The van der Waals surface area contributed by atoms with E-state index in [1.165, 1.54) is 0 Å². The molecular formula is C15H24N4O9S. The Hall–Kier alpha value is -2.87. The maximum absolute atomic E-state index is 12.5. The summed E-state index contributed by atoms with van der Waals surface area (Å²) < 4.78 is 0. The lowest BCUT2D eigenvalue weighted by atomic mass is 10.1. The van der Waals surface area contributed by atoms with Crippen LogP contribution in [0.3, 0.4) is 0 Å². The molecule has 0 fully saturated rings. The summed E-state index contributed by atoms with van der Waals surface area (Å²) in [5.74, 6) is -7.07. The first kappa shape index (κ1) is 26.1. The Labute approximate surface area is 170 Å². The SMILES string of the molecule is CC(NC(=O)C(CC(=O)O)NC(=O)C(CCC(=O)O)NC(=O)C(N)CS)C(=O)O. The van der Waals surface area contributed by atoms with Gasteiger partial charge < -0.3 is 37.0 Å². The highest BCUT2D eigenvalue weighted by Crippen LogP contribution is 2.03. The average molecular weight is 436 g/mol. The van der Waals surface area contributed by atoms with Crippen molar-refractivity contribution in [3.05, 3.63) is 0 Å². The van der Waals surface area contributed by atoms with Gasteiger partial charge in [-0.25, -0.2) is 0 Å². The summed E-state index contributed by atoms with van der Waals surface area (Å²) in [6, 6.07) is -5.53. The number of carbonyl (C=O) groups is 6. The number of hydrogen-bond donors (Lipinski definition) is 8. The van der Waals surface area contributed by atoms with Crippen LogP contribution in [0, 0.1) is 0 Å². The van der Waals surface area contributed by atoms with E-state index in [9.17, 15) is 28.8 Å². The molecule has 0 aliphatic carbocycles. The predicted molar refractivity (Wildman–Crippen MR) is 100 cm³/mol. The van der Waals surface area contributed by atoms with Crippen LogP contribution in [0.5, 0.6) is 0 Å². The molecule has 3 amide bonds. The van der Waals surface area contributed by atoms with Gasteiger partial charge in [0.05, 0.1) is 12.5 Å². The fraction of sp³-hybridized carbons (Fsp3) is 0.600. The minimum atomic E-state index is -1.66. The van der Waals surface area contributed by atoms with Gasteiger partial charge in [0.25, 0.3) is 0 Å². The van der Waals surface area contributed by atoms with E-state index in [1.54, 1.807) is 0 Å². The van der Waals surface area contributed by atoms with E-state index in [0.29, 0.717) is 0 Å². The molecule has 0 aromatic heterocycles. The van der Waals surface area contributed by atoms with Crippen LogP contribution in [-0.4, -0.2) is 80.9 Å². The molecule has 0 aromatic rings. The van der Waals surface area contributed by atoms with Gasteiger partial charge in [0.15, 0.2) is 0 Å². The lowest BCUT2D eigenvalue weighted by Gasteiger charge is -2.23. The van der Waals surface area contributed by atoms with Crippen molar-refractivity contribution in [2.45, 2.75) is 50.4 Å². The van der Waals surface area contributed by atoms with Crippen LogP contribution in [0.25, 0.3) is 0 Å². The smallest absolute Gasteiger partial charge is 0.325 e. The lowest BCUT2D eigenvalue weighted by Crippen LogP contribution is -2.57. The zero-order valence-corrected chi connectivity index (χ0v) is 16.3. The zero-order valence-electron chi connectivity index (χ0n) is 15.5. The van der Waals surface area contributed by atoms with Gasteiger partial charge in [0.2, 0.25) is 17.7 Å². The Balaban J connectivity index is 5.37. The molecule has 14 heteroatoms. The van der Waals surface area contributed by atoms with E-state index >= 15 is 0 Å². The lowest BCUT2D eigenvalue weighted by molar-refractivity contribution is -0.143. The highest BCUT2D eigenvalue weighted by molar-refractivity contribution is 7.80. The standard InChI is InChI=1S/C15H24N4O9S/c1-6(15(27)28)17-14(26)9(4-11(22)23)19-13(25)8(2-3-10(20)21)18-12(24)7(16)5-29/h6-9,29H,2-5,16H2,1H3,(H,17,26)(H,18,24)(H,19,25)(H,20,21)(H,22,23)(H,27,28). The minimum absolute atomic E-state index is 0.0593. The highest BCUT2D eigenvalue weighted by Gasteiger charge is 2.30. The summed E-state index contributed by atoms with van der Waals surface area (Å²) in [5, 5.41) is 32.9. The van der Waals surface area contributed by atoms with Crippen molar-refractivity contribution < 1.29 is 44.1 Å². The van der Waals surface area contributed by atoms with Crippen LogP contribution in [0.4, 0.5) is 0 Å². The van der Waals surface area contributed by atoms with Crippen LogP contribution in [-0.2, 0) is 28.8 Å². The molecule has 0 saturated heterocycles. The van der Waals surface area contributed by atoms with Crippen molar-refractivity contribution in [1.82, 2.24) is 16.0 Å². The van der Waals surface area contributed by atoms with Crippen molar-refractivity contribution in [3.63, 3.8) is 0 Å². The van der Waals surface area contributed by atoms with Crippen LogP contribution in [0.15, 0.2) is 0 Å². The Morgan fingerprint density at radius 2 is 1.38 bits per heavy atom. The molecule has 0 aromatic carbocycles. The first-order chi connectivity index (χ1) is 13.4. The van der Waals surface area contributed by atoms with Crippen LogP contribution >= 0.6 is 12.6 Å². The molecule has 13 nitrogen and oxygen atoms in total. The molecular weight excluding hydrogens is 412 g/mol. The first-order valence-electron chi connectivity index (χ1n) is 8.33. The van der Waals surface area contributed by atoms with E-state index in [4.69, 9.17) is 21.1 Å². The molecule has 0 bridgehead atoms. The predicted octanol–water partition coefficient (Wildman–Crippen LogP) is -2.86. The summed E-state index contributed by atoms with van der Waals surface area (Å²) in [4.78, 5) is 69.1. The fourth-order valence-corrected chi connectivity index (χ4v) is 2.10. The third kappa shape index (κ3) is 10.3. The number of carbonyl (C=O) groups excluding carboxylic acids is 3. The molecule has 0 rings (SSSR count). The third-order valence-electron chi connectivity index (χ3n) is 3.55. The molecule has 4 unspecified atom stereocenters. The number of nitrogens with one attached hydrogen (secondary N) is 3. The monoisotopic (exact) mass is 436 g/mol. The molecule has 0 saturated carbocycles. The molecule has 29 heavy (non-hydrogen) atoms. The van der Waals surface area contributed by atoms with E-state index in [2.05, 4.69) is 23.3 Å². The average Bonchev–Trinajstić information content (AvgIpc) is 2.62. The molecule has 0 aliphatic rings. The van der Waals surface area contributed by atoms with Crippen LogP contribution in [0.1, 0.15) is 26.2 Å². The number of thiol groups is 1. The van der Waals surface area contributed by atoms with Gasteiger partial charge in [-0.15, -0.1) is 0 Å². The summed E-state index contributed by atoms with van der Waals surface area (Å²) in [6.07, 6.45) is -1.75. The van der Waals surface area contributed by atoms with Crippen molar-refractivity contribution >= 4 is 48.3 Å². The first-order valence-corrected chi connectivity index (χ1v) is 8.96. The second-order valence-corrected chi connectivity index (χ2v) is 6.38. The third-order valence-corrected chi connectivity index (χ3v) is 3.95. The van der Waals surface area contributed by atoms with Crippen molar-refractivity contribution in [2.75, 3.05) is 5.75 Å². The second-order valence-electron chi connectivity index (χ2n) is 6.01. The van der Waals surface area contributed by atoms with Crippen molar-refractivity contribution in [1.29, 1.82) is 0 Å². The molecule has 0 heterocycles. The molecule has 0 spiro atoms. The number of hydrogen-bond acceptors (Lipinski definition) is 8. The van der Waals surface area contributed by atoms with Gasteiger partial charge in [-0.1, -0.05) is 0 Å². The van der Waals surface area contributed by atoms with E-state index in [0.717, 1.165) is 6.92 Å². The van der Waals surface area contributed by atoms with E-state index < -0.39 is 72.6 Å². The minimum Gasteiger partial charge on any atom is -0.481 e. The normalized spacial score (nSPS) is 14.6. The molecule has 8 N–H and O–H groups in total. The van der Waals surface area contributed by atoms with E-state index in [1.807, 2.05) is 5.32 Å². The number of nitrogens with two attached hydrogens (primary N) is 1. The summed E-state index contributed by atoms with van der Waals surface area (Å²) in [7, 11) is 0. The number of carboxylic acids is 3. The fourth-order valence-electron chi connectivity index (χ4n) is 1.93. The number of rotatable bonds is 13. The Bertz CT molecular complexity index is 658. The number of carboxylic acid groups (broad SMARTS) is 3. The van der Waals surface area contributed by atoms with Gasteiger partial charge in [0, 0.05) is 12.2 Å². The molecule has 0 radical (unpaired) electrons. The molecule has 0 aliphatic heterocycles. The summed E-state index contributed by atoms with van der Waals surface area (Å²) in [6.45, 7) is 1.13. The van der Waals surface area contributed by atoms with Gasteiger partial charge in [-0.05, 0) is 13.3 Å². The quantitative estimate of drug-likeness (QED) is 0.138. The van der Waals surface area contributed by atoms with Gasteiger partial charge in [0.1, 0.15) is 18.1 Å². The Morgan fingerprint density at radius 1 is 0.862 bits per heavy atom. The number of amides is 3. The summed E-state index contributed by atoms with van der Waals surface area (Å²) >= 11 is 3.84. The molecule has 164 valence electrons. The Kier molecular flexibility index (Phi) is 11.3. The topological polar surface area (TPSA) is 225 Å². The molecule has 4 atom stereocenters. The zero-order chi connectivity index (χ0) is 22.7.